The van der Waals surface area contributed by atoms with Crippen LogP contribution >= 0.6 is 11.8 Å². The number of aromatic nitrogens is 4. The summed E-state index contributed by atoms with van der Waals surface area (Å²) in [5, 5.41) is 9.45. The van der Waals surface area contributed by atoms with Gasteiger partial charge in [0, 0.05) is 23.6 Å². The van der Waals surface area contributed by atoms with E-state index in [4.69, 9.17) is 0 Å². The molecule has 2 aromatic heterocycles. The zero-order valence-corrected chi connectivity index (χ0v) is 11.9. The molecule has 100 valence electrons. The minimum atomic E-state index is 0.891. The zero-order chi connectivity index (χ0) is 13.8. The lowest BCUT2D eigenvalue weighted by Gasteiger charge is -2.04. The minimum Gasteiger partial charge on any atom is -0.306 e. The van der Waals surface area contributed by atoms with Gasteiger partial charge in [0.15, 0.2) is 0 Å². The van der Waals surface area contributed by atoms with Crippen LogP contribution in [0.4, 0.5) is 0 Å². The van der Waals surface area contributed by atoms with Crippen molar-refractivity contribution in [2.75, 3.05) is 5.75 Å². The lowest BCUT2D eigenvalue weighted by atomic mass is 10.1. The lowest BCUT2D eigenvalue weighted by Crippen LogP contribution is -1.92. The first-order chi connectivity index (χ1) is 9.86. The van der Waals surface area contributed by atoms with E-state index in [0.717, 1.165) is 27.7 Å². The Morgan fingerprint density at radius 1 is 1.05 bits per heavy atom. The topological polar surface area (TPSA) is 43.6 Å². The van der Waals surface area contributed by atoms with Crippen molar-refractivity contribution in [3.05, 3.63) is 55.1 Å². The predicted octanol–water partition coefficient (Wildman–Crippen LogP) is 3.44. The van der Waals surface area contributed by atoms with Crippen molar-refractivity contribution >= 4 is 11.8 Å². The van der Waals surface area contributed by atoms with Gasteiger partial charge in [-0.15, -0.1) is 22.0 Å². The van der Waals surface area contributed by atoms with Crippen LogP contribution in [0.2, 0.25) is 0 Å². The fraction of sp³-hybridized carbons (Fsp3) is 0.133. The summed E-state index contributed by atoms with van der Waals surface area (Å²) in [5.74, 6) is 1.01. The highest BCUT2D eigenvalue weighted by Crippen LogP contribution is 2.20. The van der Waals surface area contributed by atoms with Crippen LogP contribution in [-0.2, 0) is 0 Å². The molecule has 0 spiro atoms. The Hall–Kier alpha value is -2.14. The Bertz CT molecular complexity index is 660. The van der Waals surface area contributed by atoms with Gasteiger partial charge in [-0.05, 0) is 30.0 Å². The van der Waals surface area contributed by atoms with Gasteiger partial charge in [-0.1, -0.05) is 19.1 Å². The van der Waals surface area contributed by atoms with Crippen LogP contribution in [-0.4, -0.2) is 25.5 Å². The molecular weight excluding hydrogens is 268 g/mol. The average Bonchev–Trinajstić information content (AvgIpc) is 3.03. The third kappa shape index (κ3) is 2.72. The van der Waals surface area contributed by atoms with E-state index < -0.39 is 0 Å². The number of imidazole rings is 1. The smallest absolute Gasteiger partial charge is 0.119 e. The molecule has 0 aliphatic heterocycles. The third-order valence-corrected chi connectivity index (χ3v) is 3.70. The van der Waals surface area contributed by atoms with E-state index in [2.05, 4.69) is 22.1 Å². The van der Waals surface area contributed by atoms with Crippen molar-refractivity contribution in [3.8, 4) is 16.9 Å². The highest BCUT2D eigenvalue weighted by atomic mass is 32.2. The quantitative estimate of drug-likeness (QED) is 0.688. The molecule has 0 unspecified atom stereocenters. The van der Waals surface area contributed by atoms with Crippen LogP contribution in [0.25, 0.3) is 16.9 Å². The first-order valence-corrected chi connectivity index (χ1v) is 7.40. The highest BCUT2D eigenvalue weighted by molar-refractivity contribution is 7.99. The molecule has 3 aromatic rings. The average molecular weight is 282 g/mol. The molecule has 0 amide bonds. The molecule has 2 heterocycles. The van der Waals surface area contributed by atoms with Gasteiger partial charge < -0.3 is 4.57 Å². The first kappa shape index (κ1) is 12.9. The van der Waals surface area contributed by atoms with Gasteiger partial charge in [-0.2, -0.15) is 0 Å². The summed E-state index contributed by atoms with van der Waals surface area (Å²) in [6.45, 7) is 2.11. The van der Waals surface area contributed by atoms with Crippen LogP contribution in [0.1, 0.15) is 6.92 Å². The molecule has 0 bridgehead atoms. The molecule has 0 saturated carbocycles. The Labute approximate surface area is 121 Å². The Morgan fingerprint density at radius 3 is 2.50 bits per heavy atom. The lowest BCUT2D eigenvalue weighted by molar-refractivity contribution is 0.936. The maximum absolute atomic E-state index is 4.27. The molecule has 20 heavy (non-hydrogen) atoms. The molecule has 0 atom stereocenters. The normalized spacial score (nSPS) is 10.7. The van der Waals surface area contributed by atoms with Crippen molar-refractivity contribution in [2.45, 2.75) is 11.9 Å². The number of hydrogen-bond acceptors (Lipinski definition) is 4. The van der Waals surface area contributed by atoms with E-state index in [1.807, 2.05) is 47.2 Å². The molecule has 3 rings (SSSR count). The van der Waals surface area contributed by atoms with Gasteiger partial charge in [0.25, 0.3) is 0 Å². The van der Waals surface area contributed by atoms with Crippen LogP contribution in [0, 0.1) is 0 Å². The number of rotatable bonds is 4. The first-order valence-electron chi connectivity index (χ1n) is 6.42. The van der Waals surface area contributed by atoms with Crippen molar-refractivity contribution in [2.24, 2.45) is 0 Å². The number of nitrogens with zero attached hydrogens (tertiary/aromatic N) is 4. The fourth-order valence-electron chi connectivity index (χ4n) is 1.92. The molecule has 0 aliphatic carbocycles. The molecular formula is C15H14N4S. The summed E-state index contributed by atoms with van der Waals surface area (Å²) in [4.78, 5) is 4.04. The van der Waals surface area contributed by atoms with Gasteiger partial charge in [-0.25, -0.2) is 4.98 Å². The summed E-state index contributed by atoms with van der Waals surface area (Å²) in [5.41, 5.74) is 3.04. The van der Waals surface area contributed by atoms with Gasteiger partial charge in [0.2, 0.25) is 0 Å². The second kappa shape index (κ2) is 5.88. The molecule has 5 heteroatoms. The van der Waals surface area contributed by atoms with Crippen LogP contribution in [0.15, 0.2) is 60.1 Å². The summed E-state index contributed by atoms with van der Waals surface area (Å²) < 4.78 is 1.97. The number of thioether (sulfide) groups is 1. The second-order valence-corrected chi connectivity index (χ2v) is 5.49. The summed E-state index contributed by atoms with van der Waals surface area (Å²) >= 11 is 1.70. The van der Waals surface area contributed by atoms with Gasteiger partial charge in [-0.3, -0.25) is 0 Å². The van der Waals surface area contributed by atoms with Crippen molar-refractivity contribution < 1.29 is 0 Å². The maximum Gasteiger partial charge on any atom is 0.119 e. The van der Waals surface area contributed by atoms with Crippen LogP contribution < -0.4 is 0 Å². The SMILES string of the molecule is CCSc1ccc(-c2ccc(-n3ccnc3)cc2)nn1. The van der Waals surface area contributed by atoms with E-state index in [0.29, 0.717) is 0 Å². The Morgan fingerprint density at radius 2 is 1.90 bits per heavy atom. The molecule has 1 aromatic carbocycles. The summed E-state index contributed by atoms with van der Waals surface area (Å²) in [6, 6.07) is 12.2. The second-order valence-electron chi connectivity index (χ2n) is 4.21. The van der Waals surface area contributed by atoms with Gasteiger partial charge >= 0.3 is 0 Å². The van der Waals surface area contributed by atoms with Gasteiger partial charge in [0.05, 0.1) is 12.0 Å². The molecule has 0 N–H and O–H groups in total. The van der Waals surface area contributed by atoms with E-state index in [9.17, 15) is 0 Å². The molecule has 0 saturated heterocycles. The standard InChI is InChI=1S/C15H14N4S/c1-2-20-15-8-7-14(17-18-15)12-3-5-13(6-4-12)19-10-9-16-11-19/h3-11H,2H2,1H3. The van der Waals surface area contributed by atoms with Crippen molar-refractivity contribution in [1.29, 1.82) is 0 Å². The molecule has 0 fully saturated rings. The monoisotopic (exact) mass is 282 g/mol. The van der Waals surface area contributed by atoms with E-state index in [1.54, 1.807) is 24.3 Å². The summed E-state index contributed by atoms with van der Waals surface area (Å²) in [6.07, 6.45) is 5.47. The zero-order valence-electron chi connectivity index (χ0n) is 11.1. The largest absolute Gasteiger partial charge is 0.306 e. The van der Waals surface area contributed by atoms with E-state index in [-0.39, 0.29) is 0 Å². The van der Waals surface area contributed by atoms with Gasteiger partial charge in [0.1, 0.15) is 5.03 Å². The van der Waals surface area contributed by atoms with Crippen LogP contribution in [0.5, 0.6) is 0 Å². The minimum absolute atomic E-state index is 0.891. The summed E-state index contributed by atoms with van der Waals surface area (Å²) in [7, 11) is 0. The molecule has 0 radical (unpaired) electrons. The third-order valence-electron chi connectivity index (χ3n) is 2.90. The Kier molecular flexibility index (Phi) is 3.78. The van der Waals surface area contributed by atoms with E-state index >= 15 is 0 Å². The molecule has 0 aliphatic rings. The number of benzene rings is 1. The maximum atomic E-state index is 4.27. The van der Waals surface area contributed by atoms with E-state index in [1.165, 1.54) is 0 Å². The van der Waals surface area contributed by atoms with Crippen molar-refractivity contribution in [3.63, 3.8) is 0 Å². The Balaban J connectivity index is 1.83. The predicted molar refractivity (Wildman–Crippen MR) is 81.0 cm³/mol. The fourth-order valence-corrected chi connectivity index (χ4v) is 2.47. The van der Waals surface area contributed by atoms with Crippen LogP contribution in [0.3, 0.4) is 0 Å². The number of hydrogen-bond donors (Lipinski definition) is 0. The molecule has 4 nitrogen and oxygen atoms in total. The van der Waals surface area contributed by atoms with Crippen molar-refractivity contribution in [1.82, 2.24) is 19.7 Å². The highest BCUT2D eigenvalue weighted by Gasteiger charge is 2.02.